The van der Waals surface area contributed by atoms with Crippen LogP contribution in [0.15, 0.2) is 90.1 Å². The predicted molar refractivity (Wildman–Crippen MR) is 133 cm³/mol. The first-order chi connectivity index (χ1) is 16.6. The maximum Gasteiger partial charge on any atom is 0.322 e. The number of urea groups is 1. The van der Waals surface area contributed by atoms with Crippen LogP contribution in [0.2, 0.25) is 0 Å². The second-order valence-electron chi connectivity index (χ2n) is 7.69. The lowest BCUT2D eigenvalue weighted by atomic mass is 10.1. The monoisotopic (exact) mass is 461 g/mol. The molecule has 3 rings (SSSR count). The van der Waals surface area contributed by atoms with Gasteiger partial charge in [-0.25, -0.2) is 4.79 Å². The minimum atomic E-state index is -0.376. The first kappa shape index (κ1) is 24.6. The highest BCUT2D eigenvalue weighted by Crippen LogP contribution is 2.16. The molecule has 1 heterocycles. The van der Waals surface area contributed by atoms with Crippen LogP contribution in [0.25, 0.3) is 0 Å². The van der Waals surface area contributed by atoms with Crippen LogP contribution in [0, 0.1) is 0 Å². The maximum absolute atomic E-state index is 13.3. The Balaban J connectivity index is 1.66. The Morgan fingerprint density at radius 3 is 2.44 bits per heavy atom. The molecule has 3 aromatic rings. The van der Waals surface area contributed by atoms with Crippen LogP contribution >= 0.6 is 0 Å². The normalized spacial score (nSPS) is 10.4. The van der Waals surface area contributed by atoms with E-state index in [0.29, 0.717) is 37.6 Å². The molecule has 0 fully saturated rings. The van der Waals surface area contributed by atoms with Gasteiger partial charge in [0, 0.05) is 18.8 Å². The molecule has 0 saturated carbocycles. The van der Waals surface area contributed by atoms with Gasteiger partial charge in [0.05, 0.1) is 19.4 Å². The molecular weight excluding hydrogens is 430 g/mol. The minimum absolute atomic E-state index is 0.0790. The van der Waals surface area contributed by atoms with E-state index in [2.05, 4.69) is 11.9 Å². The Bertz CT molecular complexity index is 1030. The highest BCUT2D eigenvalue weighted by atomic mass is 16.5. The molecule has 0 unspecified atom stereocenters. The van der Waals surface area contributed by atoms with Crippen LogP contribution in [0.3, 0.4) is 0 Å². The van der Waals surface area contributed by atoms with Gasteiger partial charge in [-0.3, -0.25) is 4.79 Å². The van der Waals surface area contributed by atoms with Crippen molar-refractivity contribution in [1.29, 1.82) is 0 Å². The second kappa shape index (κ2) is 12.9. The lowest BCUT2D eigenvalue weighted by Gasteiger charge is -2.27. The van der Waals surface area contributed by atoms with E-state index in [9.17, 15) is 9.59 Å². The Labute approximate surface area is 200 Å². The molecule has 0 aliphatic rings. The van der Waals surface area contributed by atoms with Crippen molar-refractivity contribution >= 4 is 17.6 Å². The van der Waals surface area contributed by atoms with Gasteiger partial charge in [-0.2, -0.15) is 0 Å². The van der Waals surface area contributed by atoms with Gasteiger partial charge < -0.3 is 24.3 Å². The molecule has 0 saturated heterocycles. The Hall–Kier alpha value is -4.00. The SMILES string of the molecule is C=CCN(CC(=O)N(CCc1ccccc1)Cc1ccco1)C(=O)Nc1ccc(OCC)cc1. The number of hydrogen-bond acceptors (Lipinski definition) is 4. The van der Waals surface area contributed by atoms with Crippen molar-refractivity contribution in [2.45, 2.75) is 19.9 Å². The molecule has 0 aliphatic carbocycles. The zero-order valence-electron chi connectivity index (χ0n) is 19.5. The molecule has 34 heavy (non-hydrogen) atoms. The fourth-order valence-corrected chi connectivity index (χ4v) is 3.43. The maximum atomic E-state index is 13.3. The number of nitrogens with zero attached hydrogens (tertiary/aromatic N) is 2. The van der Waals surface area contributed by atoms with E-state index >= 15 is 0 Å². The van der Waals surface area contributed by atoms with E-state index in [0.717, 1.165) is 11.3 Å². The number of nitrogens with one attached hydrogen (secondary N) is 1. The van der Waals surface area contributed by atoms with Crippen molar-refractivity contribution < 1.29 is 18.7 Å². The van der Waals surface area contributed by atoms with Gasteiger partial charge in [0.1, 0.15) is 18.1 Å². The zero-order valence-corrected chi connectivity index (χ0v) is 19.5. The molecule has 0 radical (unpaired) electrons. The average Bonchev–Trinajstić information content (AvgIpc) is 3.36. The lowest BCUT2D eigenvalue weighted by molar-refractivity contribution is -0.132. The molecule has 3 amide bonds. The van der Waals surface area contributed by atoms with Crippen molar-refractivity contribution in [3.8, 4) is 5.75 Å². The van der Waals surface area contributed by atoms with Crippen LogP contribution in [-0.4, -0.2) is 48.0 Å². The third-order valence-electron chi connectivity index (χ3n) is 5.17. The zero-order chi connectivity index (χ0) is 24.2. The van der Waals surface area contributed by atoms with Crippen LogP contribution in [0.4, 0.5) is 10.5 Å². The summed E-state index contributed by atoms with van der Waals surface area (Å²) in [5.41, 5.74) is 1.75. The second-order valence-corrected chi connectivity index (χ2v) is 7.69. The Kier molecular flexibility index (Phi) is 9.34. The molecule has 0 bridgehead atoms. The number of furan rings is 1. The van der Waals surface area contributed by atoms with Gasteiger partial charge >= 0.3 is 6.03 Å². The molecule has 2 aromatic carbocycles. The van der Waals surface area contributed by atoms with Crippen LogP contribution < -0.4 is 10.1 Å². The van der Waals surface area contributed by atoms with Crippen LogP contribution in [0.5, 0.6) is 5.75 Å². The van der Waals surface area contributed by atoms with Crippen molar-refractivity contribution in [2.24, 2.45) is 0 Å². The first-order valence-corrected chi connectivity index (χ1v) is 11.3. The quantitative estimate of drug-likeness (QED) is 0.387. The van der Waals surface area contributed by atoms with Gasteiger partial charge in [0.15, 0.2) is 0 Å². The van der Waals surface area contributed by atoms with Crippen molar-refractivity contribution in [3.05, 3.63) is 97.0 Å². The number of anilines is 1. The smallest absolute Gasteiger partial charge is 0.322 e. The van der Waals surface area contributed by atoms with E-state index in [1.165, 1.54) is 4.90 Å². The standard InChI is InChI=1S/C27H31N3O4/c1-3-17-30(27(32)28-23-12-14-24(15-13-23)33-4-2)21-26(31)29(20-25-11-8-19-34-25)18-16-22-9-6-5-7-10-22/h3,5-15,19H,1,4,16-18,20-21H2,2H3,(H,28,32). The molecule has 178 valence electrons. The van der Waals surface area contributed by atoms with Gasteiger partial charge in [-0.1, -0.05) is 36.4 Å². The van der Waals surface area contributed by atoms with Gasteiger partial charge in [-0.15, -0.1) is 6.58 Å². The van der Waals surface area contributed by atoms with E-state index in [-0.39, 0.29) is 25.0 Å². The summed E-state index contributed by atoms with van der Waals surface area (Å²) < 4.78 is 10.9. The largest absolute Gasteiger partial charge is 0.494 e. The summed E-state index contributed by atoms with van der Waals surface area (Å²) in [5, 5.41) is 2.84. The molecule has 0 spiro atoms. The van der Waals surface area contributed by atoms with Crippen LogP contribution in [0.1, 0.15) is 18.2 Å². The molecular formula is C27H31N3O4. The van der Waals surface area contributed by atoms with E-state index < -0.39 is 0 Å². The molecule has 0 atom stereocenters. The lowest BCUT2D eigenvalue weighted by Crippen LogP contribution is -2.44. The molecule has 0 aliphatic heterocycles. The summed E-state index contributed by atoms with van der Waals surface area (Å²) in [6, 6.07) is 20.3. The third kappa shape index (κ3) is 7.55. The van der Waals surface area contributed by atoms with Gasteiger partial charge in [-0.05, 0) is 55.3 Å². The summed E-state index contributed by atoms with van der Waals surface area (Å²) in [5.74, 6) is 1.25. The number of amides is 3. The fraction of sp³-hybridized carbons (Fsp3) is 0.259. The summed E-state index contributed by atoms with van der Waals surface area (Å²) >= 11 is 0. The molecule has 1 N–H and O–H groups in total. The predicted octanol–water partition coefficient (Wildman–Crippen LogP) is 4.97. The van der Waals surface area contributed by atoms with E-state index in [1.54, 1.807) is 47.6 Å². The summed E-state index contributed by atoms with van der Waals surface area (Å²) in [6.45, 7) is 7.21. The van der Waals surface area contributed by atoms with Crippen molar-refractivity contribution in [3.63, 3.8) is 0 Å². The summed E-state index contributed by atoms with van der Waals surface area (Å²) in [6.07, 6.45) is 3.89. The van der Waals surface area contributed by atoms with Crippen LogP contribution in [-0.2, 0) is 17.8 Å². The van der Waals surface area contributed by atoms with Crippen molar-refractivity contribution in [1.82, 2.24) is 9.80 Å². The number of carbonyl (C=O) groups is 2. The minimum Gasteiger partial charge on any atom is -0.494 e. The number of rotatable bonds is 12. The number of carbonyl (C=O) groups excluding carboxylic acids is 2. The molecule has 7 heteroatoms. The van der Waals surface area contributed by atoms with Gasteiger partial charge in [0.25, 0.3) is 0 Å². The Morgan fingerprint density at radius 2 is 1.79 bits per heavy atom. The molecule has 1 aromatic heterocycles. The number of hydrogen-bond donors (Lipinski definition) is 1. The fourth-order valence-electron chi connectivity index (χ4n) is 3.43. The van der Waals surface area contributed by atoms with E-state index in [1.807, 2.05) is 43.3 Å². The number of benzene rings is 2. The Morgan fingerprint density at radius 1 is 1.03 bits per heavy atom. The highest BCUT2D eigenvalue weighted by Gasteiger charge is 2.21. The highest BCUT2D eigenvalue weighted by molar-refractivity contribution is 5.92. The van der Waals surface area contributed by atoms with Crippen molar-refractivity contribution in [2.75, 3.05) is 31.6 Å². The third-order valence-corrected chi connectivity index (χ3v) is 5.17. The average molecular weight is 462 g/mol. The number of ether oxygens (including phenoxy) is 1. The topological polar surface area (TPSA) is 75.0 Å². The molecule has 7 nitrogen and oxygen atoms in total. The summed E-state index contributed by atoms with van der Waals surface area (Å²) in [4.78, 5) is 29.3. The van der Waals surface area contributed by atoms with Gasteiger partial charge in [0.2, 0.25) is 5.91 Å². The first-order valence-electron chi connectivity index (χ1n) is 11.3. The summed E-state index contributed by atoms with van der Waals surface area (Å²) in [7, 11) is 0. The van der Waals surface area contributed by atoms with E-state index in [4.69, 9.17) is 9.15 Å².